The van der Waals surface area contributed by atoms with E-state index in [4.69, 9.17) is 8.83 Å². The summed E-state index contributed by atoms with van der Waals surface area (Å²) in [4.78, 5) is 4.71. The Hall–Kier alpha value is -8.86. The van der Waals surface area contributed by atoms with Crippen molar-refractivity contribution in [2.75, 3.05) is 9.80 Å². The van der Waals surface area contributed by atoms with Crippen LogP contribution in [-0.2, 0) is 12.8 Å². The van der Waals surface area contributed by atoms with Gasteiger partial charge in [0.15, 0.2) is 11.2 Å². The van der Waals surface area contributed by atoms with Crippen molar-refractivity contribution >= 4 is 66.8 Å². The topological polar surface area (TPSA) is 32.8 Å². The number of anilines is 6. The molecule has 0 saturated carbocycles. The summed E-state index contributed by atoms with van der Waals surface area (Å²) in [6.45, 7) is 8.74. The van der Waals surface area contributed by atoms with Gasteiger partial charge in [-0.2, -0.15) is 0 Å². The van der Waals surface area contributed by atoms with E-state index in [-0.39, 0.29) is 0 Å². The van der Waals surface area contributed by atoms with Gasteiger partial charge >= 0.3 is 0 Å². The van der Waals surface area contributed by atoms with Crippen molar-refractivity contribution in [3.63, 3.8) is 0 Å². The molecule has 74 heavy (non-hydrogen) atoms. The maximum atomic E-state index is 7.00. The highest BCUT2D eigenvalue weighted by molar-refractivity contribution is 6.28. The second kappa shape index (κ2) is 20.0. The fraction of sp³-hybridized carbons (Fsp3) is 0.114. The normalized spacial score (nSPS) is 11.5. The molecule has 12 rings (SSSR count). The van der Waals surface area contributed by atoms with E-state index in [2.05, 4.69) is 256 Å². The van der Waals surface area contributed by atoms with Gasteiger partial charge in [-0.1, -0.05) is 196 Å². The van der Waals surface area contributed by atoms with Crippen LogP contribution in [0, 0.1) is 13.8 Å². The van der Waals surface area contributed by atoms with Gasteiger partial charge in [-0.3, -0.25) is 0 Å². The predicted octanol–water partition coefficient (Wildman–Crippen LogP) is 20.5. The third kappa shape index (κ3) is 8.73. The molecule has 4 heteroatoms. The van der Waals surface area contributed by atoms with Gasteiger partial charge in [0.2, 0.25) is 0 Å². The van der Waals surface area contributed by atoms with Crippen LogP contribution in [0.5, 0.6) is 0 Å². The molecular weight excluding hydrogens is 901 g/mol. The first-order chi connectivity index (χ1) is 36.4. The van der Waals surface area contributed by atoms with Crippen molar-refractivity contribution in [3.05, 3.63) is 253 Å². The molecule has 360 valence electrons. The molecule has 2 heterocycles. The molecule has 0 unspecified atom stereocenters. The minimum Gasteiger partial charge on any atom is -0.461 e. The van der Waals surface area contributed by atoms with Crippen LogP contribution in [-0.4, -0.2) is 0 Å². The highest BCUT2D eigenvalue weighted by Crippen LogP contribution is 2.52. The zero-order chi connectivity index (χ0) is 50.1. The lowest BCUT2D eigenvalue weighted by atomic mass is 9.92. The molecule has 0 aliphatic heterocycles. The zero-order valence-corrected chi connectivity index (χ0v) is 42.5. The third-order valence-electron chi connectivity index (χ3n) is 14.6. The van der Waals surface area contributed by atoms with E-state index in [1.165, 1.54) is 44.5 Å². The first-order valence-corrected chi connectivity index (χ1v) is 26.1. The van der Waals surface area contributed by atoms with Crippen molar-refractivity contribution in [3.8, 4) is 44.5 Å². The van der Waals surface area contributed by atoms with Crippen molar-refractivity contribution < 1.29 is 8.83 Å². The zero-order valence-electron chi connectivity index (χ0n) is 42.5. The van der Waals surface area contributed by atoms with Gasteiger partial charge < -0.3 is 18.6 Å². The molecule has 0 aliphatic rings. The lowest BCUT2D eigenvalue weighted by molar-refractivity contribution is 0.617. The molecule has 0 amide bonds. The summed E-state index contributed by atoms with van der Waals surface area (Å²) in [5, 5.41) is 4.17. The molecule has 2 aromatic heterocycles. The summed E-state index contributed by atoms with van der Waals surface area (Å²) < 4.78 is 14.0. The van der Waals surface area contributed by atoms with E-state index in [1.54, 1.807) is 0 Å². The molecule has 0 N–H and O–H groups in total. The number of benzene rings is 10. The van der Waals surface area contributed by atoms with E-state index >= 15 is 0 Å². The highest BCUT2D eigenvalue weighted by Gasteiger charge is 2.28. The maximum absolute atomic E-state index is 7.00. The van der Waals surface area contributed by atoms with Crippen LogP contribution >= 0.6 is 0 Å². The summed E-state index contributed by atoms with van der Waals surface area (Å²) in [6.07, 6.45) is 8.32. The molecule has 0 saturated heterocycles. The first kappa shape index (κ1) is 46.2. The lowest BCUT2D eigenvalue weighted by Gasteiger charge is -2.28. The van der Waals surface area contributed by atoms with E-state index in [0.717, 1.165) is 115 Å². The number of fused-ring (bicyclic) bond motifs is 5. The Kier molecular flexibility index (Phi) is 12.5. The van der Waals surface area contributed by atoms with Crippen LogP contribution < -0.4 is 9.80 Å². The fourth-order valence-electron chi connectivity index (χ4n) is 10.7. The molecule has 10 aromatic carbocycles. The molecule has 0 spiro atoms. The Morgan fingerprint density at radius 1 is 0.338 bits per heavy atom. The average Bonchev–Trinajstić information content (AvgIpc) is 4.11. The van der Waals surface area contributed by atoms with E-state index in [9.17, 15) is 0 Å². The Bertz CT molecular complexity index is 3610. The van der Waals surface area contributed by atoms with Crippen LogP contribution in [0.3, 0.4) is 0 Å². The van der Waals surface area contributed by atoms with Crippen molar-refractivity contribution in [1.29, 1.82) is 0 Å². The molecule has 0 aliphatic carbocycles. The number of hydrogen-bond acceptors (Lipinski definition) is 4. The van der Waals surface area contributed by atoms with E-state index in [0.29, 0.717) is 0 Å². The van der Waals surface area contributed by atoms with Crippen molar-refractivity contribution in [2.24, 2.45) is 0 Å². The molecule has 4 nitrogen and oxygen atoms in total. The minimum atomic E-state index is 0.791. The van der Waals surface area contributed by atoms with Gasteiger partial charge in [-0.25, -0.2) is 0 Å². The summed E-state index contributed by atoms with van der Waals surface area (Å²) in [7, 11) is 0. The quantitative estimate of drug-likeness (QED) is 0.109. The van der Waals surface area contributed by atoms with Crippen molar-refractivity contribution in [2.45, 2.75) is 53.4 Å². The Labute approximate surface area is 434 Å². The van der Waals surface area contributed by atoms with Gasteiger partial charge in [0.05, 0.1) is 23.9 Å². The van der Waals surface area contributed by atoms with Gasteiger partial charge in [-0.15, -0.1) is 0 Å². The van der Waals surface area contributed by atoms with Crippen LogP contribution in [0.2, 0.25) is 0 Å². The second-order valence-corrected chi connectivity index (χ2v) is 19.7. The molecule has 0 fully saturated rings. The largest absolute Gasteiger partial charge is 0.461 e. The Balaban J connectivity index is 1.13. The number of hydrogen-bond donors (Lipinski definition) is 0. The van der Waals surface area contributed by atoms with Crippen LogP contribution in [0.4, 0.5) is 34.1 Å². The van der Waals surface area contributed by atoms with Gasteiger partial charge in [0.25, 0.3) is 0 Å². The van der Waals surface area contributed by atoms with Gasteiger partial charge in [0, 0.05) is 44.6 Å². The Morgan fingerprint density at radius 3 is 0.973 bits per heavy atom. The third-order valence-corrected chi connectivity index (χ3v) is 14.6. The minimum absolute atomic E-state index is 0.791. The number of nitrogens with zero attached hydrogens (tertiary/aromatic N) is 2. The molecular formula is C70H58N2O2. The second-order valence-electron chi connectivity index (χ2n) is 19.7. The van der Waals surface area contributed by atoms with E-state index in [1.807, 2.05) is 12.5 Å². The lowest BCUT2D eigenvalue weighted by Crippen LogP contribution is -2.11. The summed E-state index contributed by atoms with van der Waals surface area (Å²) in [5.41, 5.74) is 21.6. The number of aryl methyl sites for hydroxylation is 4. The summed E-state index contributed by atoms with van der Waals surface area (Å²) in [6, 6.07) is 79.5. The predicted molar refractivity (Wildman–Crippen MR) is 312 cm³/mol. The molecule has 0 atom stereocenters. The van der Waals surface area contributed by atoms with Gasteiger partial charge in [0.1, 0.15) is 0 Å². The van der Waals surface area contributed by atoms with Crippen molar-refractivity contribution in [1.82, 2.24) is 0 Å². The molecule has 12 aromatic rings. The standard InChI is InChI=1S/C70H58N2O2/c1-5-13-49-23-27-51(28-24-49)53-31-39-59(40-32-53)71(57-35-19-47(3)20-36-57)65-43-61-62(67-63(45-73-69(65)67)55-15-9-7-10-16-55)44-66(70-68(61)64(46-74-70)56-17-11-8-12-18-56)72(58-37-21-48(4)22-38-58)60-41-33-54(34-42-60)52-29-25-50(14-6-2)26-30-52/h7-12,15-46H,5-6,13-14H2,1-4H3. The van der Waals surface area contributed by atoms with Crippen LogP contribution in [0.1, 0.15) is 48.9 Å². The van der Waals surface area contributed by atoms with Crippen LogP contribution in [0.15, 0.2) is 240 Å². The fourth-order valence-corrected chi connectivity index (χ4v) is 10.7. The van der Waals surface area contributed by atoms with E-state index < -0.39 is 0 Å². The maximum Gasteiger partial charge on any atom is 0.159 e. The molecule has 0 radical (unpaired) electrons. The van der Waals surface area contributed by atoms with Crippen LogP contribution in [0.25, 0.3) is 77.2 Å². The number of rotatable bonds is 14. The highest BCUT2D eigenvalue weighted by atomic mass is 16.3. The summed E-state index contributed by atoms with van der Waals surface area (Å²) in [5.74, 6) is 0. The monoisotopic (exact) mass is 958 g/mol. The number of furan rings is 2. The van der Waals surface area contributed by atoms with Gasteiger partial charge in [-0.05, 0) is 143 Å². The first-order valence-electron chi connectivity index (χ1n) is 26.1. The SMILES string of the molecule is CCCc1ccc(-c2ccc(N(c3ccc(C)cc3)c3cc4c(cc(N(c5ccc(C)cc5)c5ccc(-c6ccc(CCC)cc6)cc5)c5occ(-c6ccccc6)c54)c4c(-c5ccccc5)coc34)cc2)cc1. The average molecular weight is 959 g/mol. The summed E-state index contributed by atoms with van der Waals surface area (Å²) >= 11 is 0. The molecule has 0 bridgehead atoms. The Morgan fingerprint density at radius 2 is 0.649 bits per heavy atom. The smallest absolute Gasteiger partial charge is 0.159 e.